The van der Waals surface area contributed by atoms with E-state index in [2.05, 4.69) is 10.6 Å². The first-order chi connectivity index (χ1) is 19.6. The van der Waals surface area contributed by atoms with E-state index in [9.17, 15) is 28.8 Å². The van der Waals surface area contributed by atoms with Crippen molar-refractivity contribution >= 4 is 42.2 Å². The average molecular weight is 621 g/mol. The van der Waals surface area contributed by atoms with Gasteiger partial charge in [-0.1, -0.05) is 66.4 Å². The van der Waals surface area contributed by atoms with Gasteiger partial charge in [0.15, 0.2) is 5.12 Å². The summed E-state index contributed by atoms with van der Waals surface area (Å²) in [7, 11) is -3.81. The molecule has 0 aliphatic carbocycles. The minimum absolute atomic E-state index is 0.0620. The van der Waals surface area contributed by atoms with Gasteiger partial charge in [-0.2, -0.15) is 0 Å². The van der Waals surface area contributed by atoms with E-state index in [1.165, 1.54) is 20.8 Å². The Labute approximate surface area is 251 Å². The first-order valence-electron chi connectivity index (χ1n) is 13.6. The third-order valence-electron chi connectivity index (χ3n) is 6.13. The zero-order valence-corrected chi connectivity index (χ0v) is 26.6. The van der Waals surface area contributed by atoms with Crippen molar-refractivity contribution in [3.8, 4) is 11.1 Å². The maximum absolute atomic E-state index is 14.3. The molecule has 2 rings (SSSR count). The number of hydrogen-bond acceptors (Lipinski definition) is 8. The summed E-state index contributed by atoms with van der Waals surface area (Å²) in [5, 5.41) is 14.3. The van der Waals surface area contributed by atoms with Gasteiger partial charge in [-0.05, 0) is 57.7 Å². The number of alkyl carbamates (subject to hydrolysis) is 1. The lowest BCUT2D eigenvalue weighted by Gasteiger charge is -2.30. The number of carboxylic acids is 1. The number of aliphatic carboxylic acids is 1. The van der Waals surface area contributed by atoms with E-state index in [1.807, 2.05) is 54.6 Å². The van der Waals surface area contributed by atoms with Gasteiger partial charge in [0.25, 0.3) is 0 Å². The van der Waals surface area contributed by atoms with Crippen LogP contribution in [0.5, 0.6) is 0 Å². The highest BCUT2D eigenvalue weighted by Gasteiger charge is 2.38. The second kappa shape index (κ2) is 15.9. The van der Waals surface area contributed by atoms with Crippen LogP contribution in [0.2, 0.25) is 0 Å². The van der Waals surface area contributed by atoms with Crippen LogP contribution in [0.3, 0.4) is 0 Å². The predicted molar refractivity (Wildman–Crippen MR) is 165 cm³/mol. The molecule has 2 aromatic rings. The largest absolute Gasteiger partial charge is 0.480 e. The third-order valence-corrected chi connectivity index (χ3v) is 9.79. The molecule has 0 saturated carbocycles. The average Bonchev–Trinajstić information content (AvgIpc) is 2.90. The van der Waals surface area contributed by atoms with Crippen LogP contribution in [0.4, 0.5) is 4.79 Å². The molecule has 0 aliphatic rings. The first kappa shape index (κ1) is 35.1. The summed E-state index contributed by atoms with van der Waals surface area (Å²) in [4.78, 5) is 48.7. The fourth-order valence-corrected chi connectivity index (χ4v) is 6.80. The van der Waals surface area contributed by atoms with E-state index < -0.39 is 48.7 Å². The second-order valence-electron chi connectivity index (χ2n) is 10.9. The molecule has 0 aromatic heterocycles. The van der Waals surface area contributed by atoms with Crippen molar-refractivity contribution in [1.82, 2.24) is 10.6 Å². The topological polar surface area (TPSA) is 148 Å². The van der Waals surface area contributed by atoms with Crippen LogP contribution in [0.25, 0.3) is 11.1 Å². The summed E-state index contributed by atoms with van der Waals surface area (Å²) in [5.74, 6) is -3.59. The van der Waals surface area contributed by atoms with Gasteiger partial charge in [-0.15, -0.1) is 0 Å². The van der Waals surface area contributed by atoms with Crippen molar-refractivity contribution < 1.29 is 38.1 Å². The highest BCUT2D eigenvalue weighted by Crippen LogP contribution is 2.53. The number of ether oxygens (including phenoxy) is 1. The predicted octanol–water partition coefficient (Wildman–Crippen LogP) is 5.55. The van der Waals surface area contributed by atoms with Crippen molar-refractivity contribution in [3.63, 3.8) is 0 Å². The zero-order chi connectivity index (χ0) is 31.5. The van der Waals surface area contributed by atoms with Gasteiger partial charge in [0.05, 0.1) is 12.5 Å². The van der Waals surface area contributed by atoms with Crippen molar-refractivity contribution in [1.29, 1.82) is 0 Å². The van der Waals surface area contributed by atoms with Crippen molar-refractivity contribution in [2.45, 2.75) is 65.4 Å². The lowest BCUT2D eigenvalue weighted by atomic mass is 9.97. The number of rotatable bonds is 14. The molecule has 3 N–H and O–H groups in total. The summed E-state index contributed by atoms with van der Waals surface area (Å²) >= 11 is 1.00. The first-order valence-corrected chi connectivity index (χ1v) is 16.5. The molecule has 2 amide bonds. The summed E-state index contributed by atoms with van der Waals surface area (Å²) in [6.45, 7) is 9.27. The van der Waals surface area contributed by atoms with Crippen LogP contribution in [-0.4, -0.2) is 64.1 Å². The molecule has 10 nitrogen and oxygen atoms in total. The number of amides is 2. The number of carbonyl (C=O) groups is 4. The Kier molecular flexibility index (Phi) is 13.3. The fraction of sp³-hybridized carbons (Fsp3) is 0.467. The lowest BCUT2D eigenvalue weighted by Crippen LogP contribution is -2.44. The molecule has 0 heterocycles. The SMILES string of the molecule is CC(=O)SCCOP(=O)(C[C@@H](Cc1ccc(-c2ccccc2)cc1)C(=O)N[C@@H](C)C(=O)O)[C@H](C)NC(=O)OC(C)(C)C. The molecule has 4 atom stereocenters. The Bertz CT molecular complexity index is 1260. The Morgan fingerprint density at radius 2 is 1.55 bits per heavy atom. The van der Waals surface area contributed by atoms with E-state index in [4.69, 9.17) is 9.26 Å². The number of benzene rings is 2. The number of hydrogen-bond donors (Lipinski definition) is 3. The molecule has 0 aliphatic heterocycles. The number of thioether (sulfide) groups is 1. The molecule has 42 heavy (non-hydrogen) atoms. The monoisotopic (exact) mass is 620 g/mol. The van der Waals surface area contributed by atoms with Gasteiger partial charge in [-0.3, -0.25) is 18.9 Å². The minimum Gasteiger partial charge on any atom is -0.480 e. The Balaban J connectivity index is 2.36. The Morgan fingerprint density at radius 1 is 0.952 bits per heavy atom. The Morgan fingerprint density at radius 3 is 2.10 bits per heavy atom. The molecular formula is C30H41N2O8PS. The van der Waals surface area contributed by atoms with Crippen LogP contribution < -0.4 is 10.6 Å². The van der Waals surface area contributed by atoms with Crippen LogP contribution in [0, 0.1) is 5.92 Å². The molecule has 0 saturated heterocycles. The van der Waals surface area contributed by atoms with Gasteiger partial charge >= 0.3 is 12.1 Å². The number of carbonyl (C=O) groups excluding carboxylic acids is 3. The van der Waals surface area contributed by atoms with E-state index >= 15 is 0 Å². The van der Waals surface area contributed by atoms with Crippen LogP contribution >= 0.6 is 19.1 Å². The fourth-order valence-electron chi connectivity index (χ4n) is 3.96. The number of nitrogens with one attached hydrogen (secondary N) is 2. The van der Waals surface area contributed by atoms with Gasteiger partial charge < -0.3 is 25.0 Å². The van der Waals surface area contributed by atoms with E-state index in [1.54, 1.807) is 20.8 Å². The van der Waals surface area contributed by atoms with Crippen LogP contribution in [-0.2, 0) is 34.6 Å². The van der Waals surface area contributed by atoms with Crippen LogP contribution in [0.1, 0.15) is 47.1 Å². The van der Waals surface area contributed by atoms with Crippen molar-refractivity contribution in [3.05, 3.63) is 60.2 Å². The van der Waals surface area contributed by atoms with Gasteiger partial charge in [0.1, 0.15) is 17.4 Å². The van der Waals surface area contributed by atoms with E-state index in [-0.39, 0.29) is 30.1 Å². The van der Waals surface area contributed by atoms with Crippen molar-refractivity contribution in [2.24, 2.45) is 5.92 Å². The molecule has 1 unspecified atom stereocenters. The molecule has 0 fully saturated rings. The van der Waals surface area contributed by atoms with Crippen molar-refractivity contribution in [2.75, 3.05) is 18.5 Å². The van der Waals surface area contributed by atoms with Crippen LogP contribution in [0.15, 0.2) is 54.6 Å². The molecule has 12 heteroatoms. The molecule has 0 spiro atoms. The highest BCUT2D eigenvalue weighted by molar-refractivity contribution is 8.13. The van der Waals surface area contributed by atoms with Gasteiger partial charge in [0.2, 0.25) is 13.3 Å². The standard InChI is InChI=1S/C30H41N2O8PS/c1-20(28(35)36)31-27(34)26(18-23-12-14-25(15-13-23)24-10-8-7-9-11-24)19-41(38,39-16-17-42-22(3)33)21(2)32-29(37)40-30(4,5)6/h7-15,20-21,26H,16-19H2,1-6H3,(H,31,34)(H,32,37)(H,35,36)/t20-,21+,26+,41?/m0/s1. The maximum atomic E-state index is 14.3. The smallest absolute Gasteiger partial charge is 0.408 e. The molecule has 2 aromatic carbocycles. The van der Waals surface area contributed by atoms with Gasteiger partial charge in [0, 0.05) is 18.8 Å². The molecule has 230 valence electrons. The lowest BCUT2D eigenvalue weighted by molar-refractivity contribution is -0.141. The second-order valence-corrected chi connectivity index (χ2v) is 15.1. The quantitative estimate of drug-likeness (QED) is 0.183. The van der Waals surface area contributed by atoms with Gasteiger partial charge in [-0.25, -0.2) is 4.79 Å². The summed E-state index contributed by atoms with van der Waals surface area (Å²) in [6.07, 6.45) is -0.941. The van der Waals surface area contributed by atoms with E-state index in [0.717, 1.165) is 28.5 Å². The summed E-state index contributed by atoms with van der Waals surface area (Å²) < 4.78 is 25.5. The summed E-state index contributed by atoms with van der Waals surface area (Å²) in [6, 6.07) is 16.1. The molecule has 0 radical (unpaired) electrons. The molecular weight excluding hydrogens is 579 g/mol. The molecule has 0 bridgehead atoms. The zero-order valence-electron chi connectivity index (χ0n) is 24.9. The Hall–Kier alpha value is -3.14. The number of carboxylic acid groups (broad SMARTS) is 1. The minimum atomic E-state index is -3.81. The highest BCUT2D eigenvalue weighted by atomic mass is 32.2. The maximum Gasteiger partial charge on any atom is 0.408 e. The van der Waals surface area contributed by atoms with E-state index in [0.29, 0.717) is 0 Å². The normalized spacial score (nSPS) is 15.0. The summed E-state index contributed by atoms with van der Waals surface area (Å²) in [5.41, 5.74) is 1.97. The third kappa shape index (κ3) is 12.0.